The molecule has 1 spiro atoms. The van der Waals surface area contributed by atoms with E-state index in [1.807, 2.05) is 43.5 Å². The molecular formula is C27H30FNO2. The third kappa shape index (κ3) is 4.11. The van der Waals surface area contributed by atoms with Crippen LogP contribution in [0.25, 0.3) is 10.9 Å². The van der Waals surface area contributed by atoms with Gasteiger partial charge in [0, 0.05) is 17.5 Å². The molecule has 2 atom stereocenters. The average molecular weight is 420 g/mol. The minimum Gasteiger partial charge on any atom is -0.368 e. The summed E-state index contributed by atoms with van der Waals surface area (Å²) in [6.07, 6.45) is 7.65. The molecule has 2 saturated carbocycles. The predicted octanol–water partition coefficient (Wildman–Crippen LogP) is 6.52. The molecule has 3 aromatic rings. The van der Waals surface area contributed by atoms with E-state index in [-0.39, 0.29) is 17.8 Å². The van der Waals surface area contributed by atoms with Gasteiger partial charge in [-0.05, 0) is 92.2 Å². The standard InChI is InChI=1S/C27H30FNO2/c1-18(19-5-3-2-4-6-19)31-26(30)21-16-27(17-21)12-9-20(10-13-27)23-11-14-29-25-8-7-22(28)15-24(23)25/h2-8,11,14-15,18,20-21,26,30H,9-10,12-13,16-17H2,1H3/t18-,20?,21?,26?,27?/m0/s1. The maximum Gasteiger partial charge on any atom is 0.158 e. The van der Waals surface area contributed by atoms with E-state index in [4.69, 9.17) is 4.74 Å². The van der Waals surface area contributed by atoms with Crippen molar-refractivity contribution in [2.75, 3.05) is 0 Å². The number of nitrogens with zero attached hydrogens (tertiary/aromatic N) is 1. The number of hydrogen-bond donors (Lipinski definition) is 1. The molecule has 5 rings (SSSR count). The van der Waals surface area contributed by atoms with E-state index < -0.39 is 6.29 Å². The van der Waals surface area contributed by atoms with Crippen molar-refractivity contribution in [3.8, 4) is 0 Å². The molecule has 2 fully saturated rings. The minimum absolute atomic E-state index is 0.108. The van der Waals surface area contributed by atoms with E-state index in [1.54, 1.807) is 12.1 Å². The monoisotopic (exact) mass is 419 g/mol. The summed E-state index contributed by atoms with van der Waals surface area (Å²) in [5.41, 5.74) is 3.54. The van der Waals surface area contributed by atoms with Gasteiger partial charge in [-0.25, -0.2) is 4.39 Å². The summed E-state index contributed by atoms with van der Waals surface area (Å²) in [6, 6.07) is 17.0. The van der Waals surface area contributed by atoms with Crippen LogP contribution in [0.15, 0.2) is 60.8 Å². The van der Waals surface area contributed by atoms with Crippen LogP contribution in [0.4, 0.5) is 4.39 Å². The number of hydrogen-bond acceptors (Lipinski definition) is 3. The number of aromatic nitrogens is 1. The van der Waals surface area contributed by atoms with Gasteiger partial charge in [0.05, 0.1) is 11.6 Å². The number of benzene rings is 2. The number of fused-ring (bicyclic) bond motifs is 1. The SMILES string of the molecule is C[C@H](OC(O)C1CC2(CCC(c3ccnc4ccc(F)cc34)CC2)C1)c1ccccc1. The lowest BCUT2D eigenvalue weighted by Gasteiger charge is -2.53. The van der Waals surface area contributed by atoms with E-state index >= 15 is 0 Å². The Bertz CT molecular complexity index is 1040. The molecule has 2 aliphatic rings. The Morgan fingerprint density at radius 3 is 2.55 bits per heavy atom. The molecule has 4 heteroatoms. The number of ether oxygens (including phenoxy) is 1. The average Bonchev–Trinajstić information content (AvgIpc) is 2.77. The maximum absolute atomic E-state index is 13.8. The molecule has 0 bridgehead atoms. The van der Waals surface area contributed by atoms with Crippen LogP contribution in [0.2, 0.25) is 0 Å². The minimum atomic E-state index is -0.703. The molecule has 1 N–H and O–H groups in total. The Morgan fingerprint density at radius 2 is 1.81 bits per heavy atom. The van der Waals surface area contributed by atoms with Crippen LogP contribution in [0.5, 0.6) is 0 Å². The quantitative estimate of drug-likeness (QED) is 0.479. The Morgan fingerprint density at radius 1 is 1.06 bits per heavy atom. The first-order valence-corrected chi connectivity index (χ1v) is 11.5. The number of pyridine rings is 1. The van der Waals surface area contributed by atoms with Gasteiger partial charge in [-0.1, -0.05) is 30.3 Å². The zero-order chi connectivity index (χ0) is 21.4. The smallest absolute Gasteiger partial charge is 0.158 e. The highest BCUT2D eigenvalue weighted by Crippen LogP contribution is 2.58. The van der Waals surface area contributed by atoms with Gasteiger partial charge >= 0.3 is 0 Å². The predicted molar refractivity (Wildman–Crippen MR) is 120 cm³/mol. The summed E-state index contributed by atoms with van der Waals surface area (Å²) in [6.45, 7) is 2.00. The molecule has 0 saturated heterocycles. The molecule has 2 aromatic carbocycles. The summed E-state index contributed by atoms with van der Waals surface area (Å²) in [4.78, 5) is 4.40. The third-order valence-corrected chi connectivity index (χ3v) is 7.63. The lowest BCUT2D eigenvalue weighted by Crippen LogP contribution is -2.45. The van der Waals surface area contributed by atoms with Gasteiger partial charge in [0.25, 0.3) is 0 Å². The van der Waals surface area contributed by atoms with E-state index in [0.717, 1.165) is 55.0 Å². The summed E-state index contributed by atoms with van der Waals surface area (Å²) >= 11 is 0. The second-order valence-corrected chi connectivity index (χ2v) is 9.58. The van der Waals surface area contributed by atoms with E-state index in [0.29, 0.717) is 11.3 Å². The van der Waals surface area contributed by atoms with Gasteiger partial charge in [-0.15, -0.1) is 0 Å². The molecule has 0 aliphatic heterocycles. The molecular weight excluding hydrogens is 389 g/mol. The number of aliphatic hydroxyl groups is 1. The largest absolute Gasteiger partial charge is 0.368 e. The second kappa shape index (κ2) is 8.33. The number of halogens is 1. The normalized spacial score (nSPS) is 27.7. The van der Waals surface area contributed by atoms with Crippen molar-refractivity contribution in [3.63, 3.8) is 0 Å². The van der Waals surface area contributed by atoms with Crippen LogP contribution < -0.4 is 0 Å². The van der Waals surface area contributed by atoms with Crippen LogP contribution in [0, 0.1) is 17.2 Å². The molecule has 1 aromatic heterocycles. The molecule has 162 valence electrons. The first-order valence-electron chi connectivity index (χ1n) is 11.5. The van der Waals surface area contributed by atoms with Crippen molar-refractivity contribution < 1.29 is 14.2 Å². The molecule has 31 heavy (non-hydrogen) atoms. The molecule has 0 radical (unpaired) electrons. The molecule has 1 heterocycles. The van der Waals surface area contributed by atoms with Crippen molar-refractivity contribution in [1.82, 2.24) is 4.98 Å². The topological polar surface area (TPSA) is 42.4 Å². The third-order valence-electron chi connectivity index (χ3n) is 7.63. The molecule has 2 aliphatic carbocycles. The van der Waals surface area contributed by atoms with Crippen LogP contribution >= 0.6 is 0 Å². The molecule has 3 nitrogen and oxygen atoms in total. The zero-order valence-corrected chi connectivity index (χ0v) is 18.0. The Balaban J connectivity index is 1.18. The van der Waals surface area contributed by atoms with E-state index in [9.17, 15) is 9.50 Å². The van der Waals surface area contributed by atoms with Gasteiger partial charge in [-0.2, -0.15) is 0 Å². The van der Waals surface area contributed by atoms with Gasteiger partial charge in [0.15, 0.2) is 6.29 Å². The fourth-order valence-corrected chi connectivity index (χ4v) is 5.82. The molecule has 0 amide bonds. The lowest BCUT2D eigenvalue weighted by atomic mass is 9.54. The zero-order valence-electron chi connectivity index (χ0n) is 18.0. The Hall–Kier alpha value is -2.30. The highest BCUT2D eigenvalue weighted by molar-refractivity contribution is 5.82. The fraction of sp³-hybridized carbons (Fsp3) is 0.444. The summed E-state index contributed by atoms with van der Waals surface area (Å²) in [5.74, 6) is 0.476. The first kappa shape index (κ1) is 20.6. The van der Waals surface area contributed by atoms with E-state index in [1.165, 1.54) is 11.6 Å². The van der Waals surface area contributed by atoms with E-state index in [2.05, 4.69) is 11.1 Å². The van der Waals surface area contributed by atoms with Crippen molar-refractivity contribution in [2.24, 2.45) is 11.3 Å². The summed E-state index contributed by atoms with van der Waals surface area (Å²) < 4.78 is 19.8. The summed E-state index contributed by atoms with van der Waals surface area (Å²) in [5, 5.41) is 11.6. The fourth-order valence-electron chi connectivity index (χ4n) is 5.82. The number of aliphatic hydroxyl groups excluding tert-OH is 1. The van der Waals surface area contributed by atoms with Crippen LogP contribution in [0.3, 0.4) is 0 Å². The summed E-state index contributed by atoms with van der Waals surface area (Å²) in [7, 11) is 0. The lowest BCUT2D eigenvalue weighted by molar-refractivity contribution is -0.204. The van der Waals surface area contributed by atoms with Crippen LogP contribution in [0.1, 0.15) is 68.6 Å². The second-order valence-electron chi connectivity index (χ2n) is 9.58. The highest BCUT2D eigenvalue weighted by atomic mass is 19.1. The van der Waals surface area contributed by atoms with Crippen LogP contribution in [-0.4, -0.2) is 16.4 Å². The van der Waals surface area contributed by atoms with Gasteiger partial charge in [0.2, 0.25) is 0 Å². The Kier molecular flexibility index (Phi) is 5.53. The van der Waals surface area contributed by atoms with Crippen molar-refractivity contribution >= 4 is 10.9 Å². The number of rotatable bonds is 5. The van der Waals surface area contributed by atoms with Crippen molar-refractivity contribution in [1.29, 1.82) is 0 Å². The van der Waals surface area contributed by atoms with Gasteiger partial charge in [-0.3, -0.25) is 4.98 Å². The van der Waals surface area contributed by atoms with Gasteiger partial charge in [0.1, 0.15) is 5.82 Å². The van der Waals surface area contributed by atoms with Crippen LogP contribution in [-0.2, 0) is 4.74 Å². The van der Waals surface area contributed by atoms with Crippen molar-refractivity contribution in [2.45, 2.75) is 63.8 Å². The van der Waals surface area contributed by atoms with Crippen molar-refractivity contribution in [3.05, 3.63) is 77.7 Å². The maximum atomic E-state index is 13.8. The Labute approximate surface area is 183 Å². The molecule has 1 unspecified atom stereocenters. The first-order chi connectivity index (χ1) is 15.0. The van der Waals surface area contributed by atoms with Gasteiger partial charge < -0.3 is 9.84 Å². The highest BCUT2D eigenvalue weighted by Gasteiger charge is 2.49.